The van der Waals surface area contributed by atoms with Crippen LogP contribution in [0.4, 0.5) is 0 Å². The molecule has 10 heteroatoms. The molecule has 0 aliphatic heterocycles. The van der Waals surface area contributed by atoms with Gasteiger partial charge in [-0.1, -0.05) is 6.92 Å². The molecule has 0 saturated carbocycles. The molecule has 0 fully saturated rings. The highest BCUT2D eigenvalue weighted by Crippen LogP contribution is 2.12. The second-order valence-electron chi connectivity index (χ2n) is 3.92. The molecule has 100 valence electrons. The highest BCUT2D eigenvalue weighted by atomic mass is 32.3. The summed E-state index contributed by atoms with van der Waals surface area (Å²) in [5.41, 5.74) is 0. The van der Waals surface area contributed by atoms with Gasteiger partial charge in [0.25, 0.3) is 0 Å². The van der Waals surface area contributed by atoms with Crippen molar-refractivity contribution in [3.63, 3.8) is 0 Å². The van der Waals surface area contributed by atoms with Crippen LogP contribution in [0.25, 0.3) is 0 Å². The fraction of sp³-hybridized carbons (Fsp3) is 1.00. The van der Waals surface area contributed by atoms with Gasteiger partial charge in [-0.25, -0.2) is 8.42 Å². The number of rotatable bonds is 3. The first kappa shape index (κ1) is 18.1. The van der Waals surface area contributed by atoms with E-state index in [4.69, 9.17) is 22.1 Å². The summed E-state index contributed by atoms with van der Waals surface area (Å²) in [5, 5.41) is -0.720. The molecule has 0 aliphatic rings. The van der Waals surface area contributed by atoms with Crippen LogP contribution in [-0.4, -0.2) is 61.5 Å². The van der Waals surface area contributed by atoms with E-state index >= 15 is 0 Å². The Morgan fingerprint density at radius 3 is 1.38 bits per heavy atom. The molecule has 0 aromatic carbocycles. The third-order valence-electron chi connectivity index (χ3n) is 1.56. The van der Waals surface area contributed by atoms with Crippen molar-refractivity contribution in [3.05, 3.63) is 0 Å². The van der Waals surface area contributed by atoms with Gasteiger partial charge in [-0.15, -0.1) is 0 Å². The van der Waals surface area contributed by atoms with Crippen molar-refractivity contribution in [2.24, 2.45) is 0 Å². The fourth-order valence-electron chi connectivity index (χ4n) is 1.16. The Hall–Kier alpha value is -0.260. The van der Waals surface area contributed by atoms with Crippen molar-refractivity contribution in [2.45, 2.75) is 18.7 Å². The second kappa shape index (κ2) is 5.89. The zero-order chi connectivity index (χ0) is 13.8. The van der Waals surface area contributed by atoms with Crippen LogP contribution in [0.15, 0.2) is 0 Å². The first-order valence-corrected chi connectivity index (χ1v) is 7.02. The Balaban J connectivity index is 0. The molecule has 0 aromatic rings. The predicted octanol–water partition coefficient (Wildman–Crippen LogP) is -0.679. The molecule has 0 saturated heterocycles. The van der Waals surface area contributed by atoms with E-state index in [2.05, 4.69) is 0 Å². The van der Waals surface area contributed by atoms with Gasteiger partial charge in [-0.3, -0.25) is 9.11 Å². The summed E-state index contributed by atoms with van der Waals surface area (Å²) < 4.78 is 63.3. The van der Waals surface area contributed by atoms with Gasteiger partial charge >= 0.3 is 10.1 Å². The third-order valence-corrected chi connectivity index (χ3v) is 3.21. The van der Waals surface area contributed by atoms with E-state index in [0.717, 1.165) is 0 Å². The molecular formula is C6H17NO7S2. The lowest BCUT2D eigenvalue weighted by molar-refractivity contribution is -0.882. The van der Waals surface area contributed by atoms with Gasteiger partial charge in [0.15, 0.2) is 0 Å². The summed E-state index contributed by atoms with van der Waals surface area (Å²) in [6.45, 7) is 1.74. The first-order chi connectivity index (χ1) is 6.69. The Morgan fingerprint density at radius 2 is 1.38 bits per heavy atom. The van der Waals surface area contributed by atoms with Crippen molar-refractivity contribution in [3.8, 4) is 0 Å². The number of nitrogens with zero attached hydrogens (tertiary/aromatic N) is 1. The summed E-state index contributed by atoms with van der Waals surface area (Å²) in [4.78, 5) is 0. The van der Waals surface area contributed by atoms with Crippen LogP contribution in [0.2, 0.25) is 0 Å². The van der Waals surface area contributed by atoms with Gasteiger partial charge in [0.1, 0.15) is 0 Å². The van der Waals surface area contributed by atoms with E-state index in [1.165, 1.54) is 0 Å². The molecule has 0 bridgehead atoms. The van der Waals surface area contributed by atoms with Gasteiger partial charge in [0.05, 0.1) is 21.1 Å². The zero-order valence-electron chi connectivity index (χ0n) is 9.48. The Kier molecular flexibility index (Phi) is 6.67. The Bertz CT molecular complexity index is 383. The highest BCUT2D eigenvalue weighted by Gasteiger charge is 2.33. The maximum absolute atomic E-state index is 10.7. The summed E-state index contributed by atoms with van der Waals surface area (Å²) in [7, 11) is -3.60. The third kappa shape index (κ3) is 11.8. The molecule has 0 amide bonds. The lowest BCUT2D eigenvalue weighted by Crippen LogP contribution is -2.49. The van der Waals surface area contributed by atoms with Crippen LogP contribution in [0.5, 0.6) is 0 Å². The summed E-state index contributed by atoms with van der Waals surface area (Å²) in [6, 6.07) is 0. The number of hydrogen-bond acceptors (Lipinski definition) is 5. The van der Waals surface area contributed by atoms with Gasteiger partial charge in [0.2, 0.25) is 15.8 Å². The minimum Gasteiger partial charge on any atom is -0.726 e. The molecule has 0 aliphatic carbocycles. The maximum atomic E-state index is 10.7. The smallest absolute Gasteiger partial charge is 0.319 e. The Morgan fingerprint density at radius 1 is 1.12 bits per heavy atom. The average molecular weight is 279 g/mol. The van der Waals surface area contributed by atoms with Crippen molar-refractivity contribution in [1.29, 1.82) is 0 Å². The molecule has 1 atom stereocenters. The van der Waals surface area contributed by atoms with Crippen LogP contribution in [0.1, 0.15) is 13.3 Å². The van der Waals surface area contributed by atoms with Crippen LogP contribution >= 0.6 is 0 Å². The van der Waals surface area contributed by atoms with E-state index in [1.54, 1.807) is 28.1 Å². The minimum absolute atomic E-state index is 0.231. The van der Waals surface area contributed by atoms with Crippen molar-refractivity contribution < 1.29 is 35.0 Å². The molecule has 1 unspecified atom stereocenters. The zero-order valence-corrected chi connectivity index (χ0v) is 11.1. The van der Waals surface area contributed by atoms with Gasteiger partial charge in [0, 0.05) is 6.42 Å². The molecule has 0 rings (SSSR count). The Labute approximate surface area is 95.8 Å². The van der Waals surface area contributed by atoms with Crippen LogP contribution in [0.3, 0.4) is 0 Å². The van der Waals surface area contributed by atoms with E-state index in [9.17, 15) is 8.42 Å². The molecule has 16 heavy (non-hydrogen) atoms. The molecular weight excluding hydrogens is 262 g/mol. The standard InChI is InChI=1S/C6H15NO3S.H2O4S/c1-5-6(7(2,3)4)11(8,9)10;1-5(2,3)4/h6H,5H2,1-4H3;(H2,1,2,3,4). The van der Waals surface area contributed by atoms with Crippen LogP contribution < -0.4 is 0 Å². The van der Waals surface area contributed by atoms with E-state index < -0.39 is 25.9 Å². The lowest BCUT2D eigenvalue weighted by atomic mass is 10.4. The SMILES string of the molecule is CCC([N+](C)(C)C)S(=O)(=O)O.O=S(=O)([O-])O. The van der Waals surface area contributed by atoms with E-state index in [1.807, 2.05) is 0 Å². The second-order valence-corrected chi connectivity index (χ2v) is 6.35. The van der Waals surface area contributed by atoms with E-state index in [0.29, 0.717) is 6.42 Å². The molecule has 0 radical (unpaired) electrons. The highest BCUT2D eigenvalue weighted by molar-refractivity contribution is 7.86. The predicted molar refractivity (Wildman–Crippen MR) is 56.0 cm³/mol. The largest absolute Gasteiger partial charge is 0.726 e. The maximum Gasteiger partial charge on any atom is 0.319 e. The summed E-state index contributed by atoms with van der Waals surface area (Å²) in [5.74, 6) is 0. The van der Waals surface area contributed by atoms with Gasteiger partial charge < -0.3 is 9.04 Å². The molecule has 0 aromatic heterocycles. The normalized spacial score (nSPS) is 14.9. The lowest BCUT2D eigenvalue weighted by Gasteiger charge is -2.30. The van der Waals surface area contributed by atoms with Crippen LogP contribution in [0, 0.1) is 0 Å². The van der Waals surface area contributed by atoms with Gasteiger partial charge in [-0.2, -0.15) is 8.42 Å². The monoisotopic (exact) mass is 279 g/mol. The fourth-order valence-corrected chi connectivity index (χ4v) is 2.38. The topological polar surface area (TPSA) is 132 Å². The van der Waals surface area contributed by atoms with Crippen LogP contribution in [-0.2, 0) is 20.5 Å². The summed E-state index contributed by atoms with van der Waals surface area (Å²) >= 11 is 0. The van der Waals surface area contributed by atoms with Gasteiger partial charge in [-0.05, 0) is 0 Å². The van der Waals surface area contributed by atoms with Crippen molar-refractivity contribution >= 4 is 20.5 Å². The quantitative estimate of drug-likeness (QED) is 0.397. The average Bonchev–Trinajstić information content (AvgIpc) is 1.74. The molecule has 2 N–H and O–H groups in total. The van der Waals surface area contributed by atoms with E-state index in [-0.39, 0.29) is 4.48 Å². The number of hydrogen-bond donors (Lipinski definition) is 2. The molecule has 0 heterocycles. The molecule has 8 nitrogen and oxygen atoms in total. The van der Waals surface area contributed by atoms with Crippen molar-refractivity contribution in [2.75, 3.05) is 21.1 Å². The number of quaternary nitrogens is 1. The minimum atomic E-state index is -4.92. The molecule has 0 spiro atoms. The summed E-state index contributed by atoms with van der Waals surface area (Å²) in [6.07, 6.45) is 0.419. The first-order valence-electron chi connectivity index (χ1n) is 4.15. The van der Waals surface area contributed by atoms with Crippen molar-refractivity contribution in [1.82, 2.24) is 0 Å².